The molecule has 1 amide bonds. The number of carbonyl (C=O) groups excluding carboxylic acids is 1. The molecule has 358 valence electrons. The van der Waals surface area contributed by atoms with E-state index in [2.05, 4.69) is 56.0 Å². The predicted molar refractivity (Wildman–Crippen MR) is 259 cm³/mol. The number of nitrogens with zero attached hydrogens (tertiary/aromatic N) is 5. The Bertz CT molecular complexity index is 2860. The molecule has 2 saturated carbocycles. The van der Waals surface area contributed by atoms with Gasteiger partial charge in [0.1, 0.15) is 23.1 Å². The number of carbonyl (C=O) groups is 1. The topological polar surface area (TPSA) is 196 Å². The lowest BCUT2D eigenvalue weighted by atomic mass is 9.59. The van der Waals surface area contributed by atoms with Gasteiger partial charge < -0.3 is 34.7 Å². The molecule has 2 aromatic heterocycles. The zero-order valence-electron chi connectivity index (χ0n) is 38.7. The van der Waals surface area contributed by atoms with Crippen molar-refractivity contribution in [1.29, 1.82) is 0 Å². The van der Waals surface area contributed by atoms with Gasteiger partial charge in [-0.3, -0.25) is 19.8 Å². The number of anilines is 4. The van der Waals surface area contributed by atoms with Gasteiger partial charge in [-0.1, -0.05) is 24.3 Å². The number of nitro benzene ring substituents is 1. The third kappa shape index (κ3) is 8.34. The molecule has 1 spiro atoms. The van der Waals surface area contributed by atoms with Gasteiger partial charge in [0.25, 0.3) is 21.6 Å². The van der Waals surface area contributed by atoms with E-state index in [0.717, 1.165) is 62.5 Å². The van der Waals surface area contributed by atoms with Crippen LogP contribution in [0.3, 0.4) is 0 Å². The first-order valence-corrected chi connectivity index (χ1v) is 25.8. The molecule has 6 heterocycles. The molecular formula is C51H60N8O8S. The third-order valence-electron chi connectivity index (χ3n) is 16.1. The first-order chi connectivity index (χ1) is 32.7. The number of rotatable bonds is 11. The molecular weight excluding hydrogens is 885 g/mol. The molecule has 0 unspecified atom stereocenters. The van der Waals surface area contributed by atoms with Crippen LogP contribution < -0.4 is 24.6 Å². The SMILES string of the molecule is Cc1ccccc1[C@@H]1CCCN1C1CC2(CCN(c3ccc(C(=O)NS(=O)(=O)c4ccc(NC[C@H]5CC[C@](C)(O)CC5)c([N+](=O)[O-])c4)c(N4c5cc6cc[nH]c6nc5O[C@@H]5COC[C@H]54)c3)CC2)C1. The van der Waals surface area contributed by atoms with Gasteiger partial charge in [-0.15, -0.1) is 0 Å². The van der Waals surface area contributed by atoms with Crippen molar-refractivity contribution < 1.29 is 32.7 Å². The van der Waals surface area contributed by atoms with Gasteiger partial charge in [0.05, 0.1) is 45.9 Å². The molecule has 0 bridgehead atoms. The summed E-state index contributed by atoms with van der Waals surface area (Å²) in [4.78, 5) is 41.0. The zero-order chi connectivity index (χ0) is 47.0. The highest BCUT2D eigenvalue weighted by molar-refractivity contribution is 7.90. The molecule has 4 aliphatic heterocycles. The standard InChI is InChI=1S/C51H60N8O8S/c1-32-6-3-4-7-38(32)41-8-5-21-57(41)36-27-51(28-36)18-22-56(23-19-51)35-9-11-39(42(25-35)58-44-24-34-15-20-52-47(34)54-49(44)67-46-31-66-30-45(46)58)48(60)55-68(64,65)37-10-12-40(43(26-37)59(62)63)53-29-33-13-16-50(2,61)17-14-33/h3-4,6-7,9-12,15,20,24-26,33,36,41,45-46,53,61H,5,8,13-14,16-19,21-23,27-31H2,1-2H3,(H,52,54)(H,55,60)/t33-,41-,45+,46+,50-/m0/s1. The van der Waals surface area contributed by atoms with Crippen molar-refractivity contribution in [3.8, 4) is 5.88 Å². The summed E-state index contributed by atoms with van der Waals surface area (Å²) >= 11 is 0. The number of pyridine rings is 1. The lowest BCUT2D eigenvalue weighted by molar-refractivity contribution is -0.384. The second-order valence-electron chi connectivity index (χ2n) is 20.6. The van der Waals surface area contributed by atoms with E-state index in [1.54, 1.807) is 12.3 Å². The van der Waals surface area contributed by atoms with Crippen LogP contribution in [-0.4, -0.2) is 102 Å². The number of aromatic amines is 1. The molecule has 3 atom stereocenters. The van der Waals surface area contributed by atoms with Crippen LogP contribution in [0.1, 0.15) is 98.7 Å². The van der Waals surface area contributed by atoms with E-state index in [9.17, 15) is 28.4 Å². The number of benzene rings is 3. The Kier molecular flexibility index (Phi) is 11.4. The van der Waals surface area contributed by atoms with Crippen molar-refractivity contribution in [2.45, 2.75) is 113 Å². The van der Waals surface area contributed by atoms with E-state index in [0.29, 0.717) is 73.0 Å². The highest BCUT2D eigenvalue weighted by Gasteiger charge is 2.50. The Hall–Kier alpha value is -5.75. The lowest BCUT2D eigenvalue weighted by Crippen LogP contribution is -2.55. The number of hydrogen-bond acceptors (Lipinski definition) is 13. The number of aliphatic hydroxyl groups is 1. The monoisotopic (exact) mass is 944 g/mol. The van der Waals surface area contributed by atoms with E-state index in [4.69, 9.17) is 14.5 Å². The third-order valence-corrected chi connectivity index (χ3v) is 17.5. The molecule has 5 aromatic rings. The maximum Gasteiger partial charge on any atom is 0.293 e. The number of nitrogens with one attached hydrogen (secondary N) is 3. The average Bonchev–Trinajstić information content (AvgIpc) is 4.11. The maximum atomic E-state index is 14.6. The number of amides is 1. The number of nitro groups is 1. The zero-order valence-corrected chi connectivity index (χ0v) is 39.5. The number of hydrogen-bond donors (Lipinski definition) is 4. The highest BCUT2D eigenvalue weighted by Crippen LogP contribution is 2.54. The van der Waals surface area contributed by atoms with Crippen LogP contribution in [-0.2, 0) is 14.8 Å². The Balaban J connectivity index is 0.861. The van der Waals surface area contributed by atoms with Gasteiger partial charge in [0.15, 0.2) is 0 Å². The Morgan fingerprint density at radius 2 is 1.76 bits per heavy atom. The number of piperidine rings is 1. The molecule has 3 saturated heterocycles. The van der Waals surface area contributed by atoms with Gasteiger partial charge >= 0.3 is 0 Å². The van der Waals surface area contributed by atoms with Crippen molar-refractivity contribution in [1.82, 2.24) is 19.6 Å². The molecule has 5 fully saturated rings. The molecule has 3 aromatic carbocycles. The van der Waals surface area contributed by atoms with Crippen LogP contribution >= 0.6 is 0 Å². The summed E-state index contributed by atoms with van der Waals surface area (Å²) in [5.41, 5.74) is 4.95. The van der Waals surface area contributed by atoms with Crippen molar-refractivity contribution in [3.63, 3.8) is 0 Å². The van der Waals surface area contributed by atoms with Gasteiger partial charge in [-0.25, -0.2) is 13.1 Å². The van der Waals surface area contributed by atoms with Crippen LogP contribution in [0.5, 0.6) is 5.88 Å². The summed E-state index contributed by atoms with van der Waals surface area (Å²) in [6.07, 6.45) is 11.1. The van der Waals surface area contributed by atoms with E-state index < -0.39 is 43.1 Å². The maximum absolute atomic E-state index is 14.6. The summed E-state index contributed by atoms with van der Waals surface area (Å²) in [5.74, 6) is -0.310. The number of fused-ring (bicyclic) bond motifs is 3. The summed E-state index contributed by atoms with van der Waals surface area (Å²) in [5, 5.41) is 26.7. The molecule has 68 heavy (non-hydrogen) atoms. The smallest absolute Gasteiger partial charge is 0.293 e. The van der Waals surface area contributed by atoms with E-state index >= 15 is 0 Å². The minimum atomic E-state index is -4.61. The quantitative estimate of drug-likeness (QED) is 0.0733. The normalized spacial score (nSPS) is 26.0. The molecule has 11 rings (SSSR count). The Morgan fingerprint density at radius 3 is 2.54 bits per heavy atom. The first-order valence-electron chi connectivity index (χ1n) is 24.3. The van der Waals surface area contributed by atoms with Crippen LogP contribution in [0.25, 0.3) is 11.0 Å². The minimum Gasteiger partial charge on any atom is -0.468 e. The summed E-state index contributed by atoms with van der Waals surface area (Å²) in [6.45, 7) is 7.94. The van der Waals surface area contributed by atoms with Crippen LogP contribution in [0.4, 0.5) is 28.4 Å². The van der Waals surface area contributed by atoms with Crippen molar-refractivity contribution >= 4 is 55.4 Å². The fraction of sp³-hybridized carbons (Fsp3) is 0.490. The van der Waals surface area contributed by atoms with E-state index in [1.807, 2.05) is 36.1 Å². The largest absolute Gasteiger partial charge is 0.468 e. The number of sulfonamides is 1. The van der Waals surface area contributed by atoms with Gasteiger partial charge in [-0.2, -0.15) is 4.98 Å². The summed E-state index contributed by atoms with van der Waals surface area (Å²) < 4.78 is 42.9. The average molecular weight is 945 g/mol. The van der Waals surface area contributed by atoms with Crippen LogP contribution in [0, 0.1) is 28.4 Å². The molecule has 0 radical (unpaired) electrons. The van der Waals surface area contributed by atoms with Gasteiger partial charge in [-0.05, 0) is 150 Å². The number of ether oxygens (including phenoxy) is 2. The number of likely N-dealkylation sites (tertiary alicyclic amines) is 1. The predicted octanol–water partition coefficient (Wildman–Crippen LogP) is 8.14. The number of H-pyrrole nitrogens is 1. The first kappa shape index (κ1) is 44.7. The fourth-order valence-corrected chi connectivity index (χ4v) is 13.1. The minimum absolute atomic E-state index is 0.105. The fourth-order valence-electron chi connectivity index (χ4n) is 12.1. The Labute approximate surface area is 396 Å². The summed E-state index contributed by atoms with van der Waals surface area (Å²) in [6, 6.07) is 22.6. The van der Waals surface area contributed by atoms with Gasteiger partial charge in [0.2, 0.25) is 5.88 Å². The molecule has 6 aliphatic rings. The Morgan fingerprint density at radius 1 is 0.971 bits per heavy atom. The lowest BCUT2D eigenvalue weighted by Gasteiger charge is -2.56. The van der Waals surface area contributed by atoms with E-state index in [-0.39, 0.29) is 23.2 Å². The van der Waals surface area contributed by atoms with Crippen molar-refractivity contribution in [2.75, 3.05) is 54.5 Å². The second-order valence-corrected chi connectivity index (χ2v) is 22.2. The highest BCUT2D eigenvalue weighted by atomic mass is 32.2. The molecule has 17 heteroatoms. The number of aryl methyl sites for hydroxylation is 1. The van der Waals surface area contributed by atoms with Gasteiger partial charge in [0, 0.05) is 55.1 Å². The van der Waals surface area contributed by atoms with Crippen molar-refractivity contribution in [2.24, 2.45) is 11.3 Å². The molecule has 4 N–H and O–H groups in total. The van der Waals surface area contributed by atoms with Crippen molar-refractivity contribution in [3.05, 3.63) is 106 Å². The molecule has 16 nitrogen and oxygen atoms in total. The van der Waals surface area contributed by atoms with E-state index in [1.165, 1.54) is 48.9 Å². The number of aromatic nitrogens is 2. The second kappa shape index (κ2) is 17.3. The molecule has 2 aliphatic carbocycles. The van der Waals surface area contributed by atoms with Crippen LogP contribution in [0.2, 0.25) is 0 Å². The van der Waals surface area contributed by atoms with Crippen LogP contribution in [0.15, 0.2) is 83.9 Å². The summed E-state index contributed by atoms with van der Waals surface area (Å²) in [7, 11) is -4.61.